The summed E-state index contributed by atoms with van der Waals surface area (Å²) in [5.74, 6) is 1.65. The van der Waals surface area contributed by atoms with Gasteiger partial charge < -0.3 is 10.7 Å². The van der Waals surface area contributed by atoms with E-state index in [0.717, 1.165) is 35.1 Å². The standard InChI is InChI=1S/C13H19N.C7H7N.C6H10/c1-10-8-13(14-9-11(10)2)12-6-4-3-5-7-12;8-6-7-4-2-1-3-5-7;1-5(2)6(3)4/h3-7,10-11,13-14H,8-9H2,1-2H3;1-6,8H;1,3H2,2,4H3. The van der Waals surface area contributed by atoms with Gasteiger partial charge in [-0.2, -0.15) is 0 Å². The Kier molecular flexibility index (Phi) is 10.8. The van der Waals surface area contributed by atoms with Crippen LogP contribution in [0.3, 0.4) is 0 Å². The molecule has 1 heterocycles. The fourth-order valence-electron chi connectivity index (χ4n) is 2.71. The first-order valence-corrected chi connectivity index (χ1v) is 10.00. The summed E-state index contributed by atoms with van der Waals surface area (Å²) >= 11 is 0. The number of hydrogen-bond donors (Lipinski definition) is 2. The minimum absolute atomic E-state index is 0.572. The molecule has 0 radical (unpaired) electrons. The summed E-state index contributed by atoms with van der Waals surface area (Å²) in [6.45, 7) is 17.1. The highest BCUT2D eigenvalue weighted by Crippen LogP contribution is 2.29. The number of piperidine rings is 1. The van der Waals surface area contributed by atoms with Crippen molar-refractivity contribution in [3.05, 3.63) is 96.1 Å². The SMILES string of the molecule is C=C(C)C(=C)C.CC1CNC(c2ccccc2)CC1C.N=Cc1ccccc1. The van der Waals surface area contributed by atoms with Crippen molar-refractivity contribution in [2.24, 2.45) is 11.8 Å². The molecular weight excluding hydrogens is 340 g/mol. The van der Waals surface area contributed by atoms with Crippen LogP contribution in [0.25, 0.3) is 0 Å². The van der Waals surface area contributed by atoms with Crippen LogP contribution in [0.15, 0.2) is 85.0 Å². The highest BCUT2D eigenvalue weighted by atomic mass is 14.9. The number of hydrogen-bond acceptors (Lipinski definition) is 2. The molecule has 0 aromatic heterocycles. The van der Waals surface area contributed by atoms with Crippen molar-refractivity contribution >= 4 is 6.21 Å². The second-order valence-electron chi connectivity index (χ2n) is 7.68. The van der Waals surface area contributed by atoms with Gasteiger partial charge in [-0.15, -0.1) is 0 Å². The van der Waals surface area contributed by atoms with Crippen LogP contribution in [0.1, 0.15) is 51.3 Å². The maximum atomic E-state index is 6.82. The fraction of sp³-hybridized carbons (Fsp3) is 0.346. The van der Waals surface area contributed by atoms with Gasteiger partial charge in [0.15, 0.2) is 0 Å². The van der Waals surface area contributed by atoms with Gasteiger partial charge in [0.1, 0.15) is 0 Å². The van der Waals surface area contributed by atoms with Crippen LogP contribution in [0, 0.1) is 17.2 Å². The Morgan fingerprint density at radius 2 is 1.39 bits per heavy atom. The minimum atomic E-state index is 0.572. The van der Waals surface area contributed by atoms with E-state index in [1.807, 2.05) is 44.2 Å². The molecule has 1 aliphatic heterocycles. The van der Waals surface area contributed by atoms with E-state index in [0.29, 0.717) is 6.04 Å². The zero-order valence-corrected chi connectivity index (χ0v) is 17.9. The van der Waals surface area contributed by atoms with Crippen molar-refractivity contribution < 1.29 is 0 Å². The molecule has 1 saturated heterocycles. The topological polar surface area (TPSA) is 35.9 Å². The summed E-state index contributed by atoms with van der Waals surface area (Å²) in [7, 11) is 0. The van der Waals surface area contributed by atoms with Crippen LogP contribution in [0.5, 0.6) is 0 Å². The normalized spacial score (nSPS) is 20.5. The number of rotatable bonds is 3. The lowest BCUT2D eigenvalue weighted by Gasteiger charge is -2.33. The van der Waals surface area contributed by atoms with Crippen molar-refractivity contribution in [3.8, 4) is 0 Å². The van der Waals surface area contributed by atoms with Gasteiger partial charge in [-0.3, -0.25) is 0 Å². The molecule has 2 aromatic rings. The molecule has 0 amide bonds. The Hall–Kier alpha value is -2.45. The molecule has 2 nitrogen and oxygen atoms in total. The highest BCUT2D eigenvalue weighted by molar-refractivity contribution is 5.76. The molecule has 150 valence electrons. The third-order valence-electron chi connectivity index (χ3n) is 5.16. The summed E-state index contributed by atoms with van der Waals surface area (Å²) in [5.41, 5.74) is 4.52. The average Bonchev–Trinajstić information content (AvgIpc) is 2.72. The van der Waals surface area contributed by atoms with Crippen LogP contribution in [0.2, 0.25) is 0 Å². The first-order valence-electron chi connectivity index (χ1n) is 10.00. The zero-order valence-electron chi connectivity index (χ0n) is 17.9. The van der Waals surface area contributed by atoms with Crippen molar-refractivity contribution in [1.82, 2.24) is 5.32 Å². The fourth-order valence-corrected chi connectivity index (χ4v) is 2.71. The van der Waals surface area contributed by atoms with Crippen LogP contribution < -0.4 is 5.32 Å². The largest absolute Gasteiger partial charge is 0.310 e. The lowest BCUT2D eigenvalue weighted by molar-refractivity contribution is 0.243. The number of allylic oxidation sites excluding steroid dienone is 2. The maximum Gasteiger partial charge on any atom is 0.0323 e. The van der Waals surface area contributed by atoms with Crippen molar-refractivity contribution in [3.63, 3.8) is 0 Å². The predicted octanol–water partition coefficient (Wildman–Crippen LogP) is 6.82. The van der Waals surface area contributed by atoms with E-state index >= 15 is 0 Å². The Labute approximate surface area is 171 Å². The predicted molar refractivity (Wildman–Crippen MR) is 124 cm³/mol. The lowest BCUT2D eigenvalue weighted by Crippen LogP contribution is -2.36. The van der Waals surface area contributed by atoms with Gasteiger partial charge in [0.05, 0.1) is 0 Å². The quantitative estimate of drug-likeness (QED) is 0.447. The third-order valence-corrected chi connectivity index (χ3v) is 5.16. The van der Waals surface area contributed by atoms with Crippen LogP contribution in [-0.2, 0) is 0 Å². The van der Waals surface area contributed by atoms with Gasteiger partial charge in [0.2, 0.25) is 0 Å². The van der Waals surface area contributed by atoms with Gasteiger partial charge in [0, 0.05) is 12.3 Å². The molecule has 28 heavy (non-hydrogen) atoms. The maximum absolute atomic E-state index is 6.82. The molecule has 0 spiro atoms. The minimum Gasteiger partial charge on any atom is -0.310 e. The molecule has 1 aliphatic rings. The monoisotopic (exact) mass is 376 g/mol. The molecule has 3 atom stereocenters. The van der Waals surface area contributed by atoms with E-state index in [2.05, 4.69) is 62.7 Å². The van der Waals surface area contributed by atoms with E-state index in [9.17, 15) is 0 Å². The Morgan fingerprint density at radius 1 is 0.893 bits per heavy atom. The van der Waals surface area contributed by atoms with E-state index in [1.54, 1.807) is 0 Å². The average molecular weight is 377 g/mol. The molecular formula is C26H36N2. The van der Waals surface area contributed by atoms with E-state index < -0.39 is 0 Å². The van der Waals surface area contributed by atoms with Crippen LogP contribution in [-0.4, -0.2) is 12.8 Å². The van der Waals surface area contributed by atoms with Gasteiger partial charge in [-0.1, -0.05) is 98.8 Å². The van der Waals surface area contributed by atoms with Crippen molar-refractivity contribution in [1.29, 1.82) is 5.41 Å². The molecule has 3 unspecified atom stereocenters. The molecule has 2 heteroatoms. The summed E-state index contributed by atoms with van der Waals surface area (Å²) in [6.07, 6.45) is 2.60. The van der Waals surface area contributed by atoms with Crippen LogP contribution in [0.4, 0.5) is 0 Å². The Morgan fingerprint density at radius 3 is 1.79 bits per heavy atom. The first kappa shape index (κ1) is 23.6. The summed E-state index contributed by atoms with van der Waals surface area (Å²) in [6, 6.07) is 20.9. The van der Waals surface area contributed by atoms with Crippen molar-refractivity contribution in [2.45, 2.75) is 40.2 Å². The summed E-state index contributed by atoms with van der Waals surface area (Å²) < 4.78 is 0. The van der Waals surface area contributed by atoms with E-state index in [4.69, 9.17) is 5.41 Å². The molecule has 0 saturated carbocycles. The van der Waals surface area contributed by atoms with Gasteiger partial charge in [0.25, 0.3) is 0 Å². The zero-order chi connectivity index (χ0) is 20.9. The molecule has 2 N–H and O–H groups in total. The lowest BCUT2D eigenvalue weighted by atomic mass is 9.83. The third kappa shape index (κ3) is 8.96. The van der Waals surface area contributed by atoms with E-state index in [-0.39, 0.29) is 0 Å². The van der Waals surface area contributed by atoms with Crippen LogP contribution >= 0.6 is 0 Å². The van der Waals surface area contributed by atoms with Gasteiger partial charge in [-0.25, -0.2) is 0 Å². The molecule has 2 aromatic carbocycles. The highest BCUT2D eigenvalue weighted by Gasteiger charge is 2.24. The van der Waals surface area contributed by atoms with Gasteiger partial charge in [-0.05, 0) is 49.8 Å². The number of benzene rings is 2. The first-order chi connectivity index (χ1) is 13.3. The second-order valence-corrected chi connectivity index (χ2v) is 7.68. The molecule has 3 rings (SSSR count). The smallest absolute Gasteiger partial charge is 0.0323 e. The van der Waals surface area contributed by atoms with E-state index in [1.165, 1.54) is 18.2 Å². The number of nitrogens with one attached hydrogen (secondary N) is 2. The molecule has 0 bridgehead atoms. The Bertz CT molecular complexity index is 707. The molecule has 1 fully saturated rings. The Balaban J connectivity index is 0.000000238. The van der Waals surface area contributed by atoms with Crippen molar-refractivity contribution in [2.75, 3.05) is 6.54 Å². The summed E-state index contributed by atoms with van der Waals surface area (Å²) in [4.78, 5) is 0. The summed E-state index contributed by atoms with van der Waals surface area (Å²) in [5, 5.41) is 10.4. The molecule has 0 aliphatic carbocycles. The van der Waals surface area contributed by atoms with Gasteiger partial charge >= 0.3 is 0 Å². The second kappa shape index (κ2) is 12.9.